The minimum absolute atomic E-state index is 0.0319. The van der Waals surface area contributed by atoms with Gasteiger partial charge in [-0.3, -0.25) is 4.79 Å². The van der Waals surface area contributed by atoms with Crippen molar-refractivity contribution >= 4 is 48.9 Å². The first-order valence-electron chi connectivity index (χ1n) is 14.2. The molecule has 2 aromatic heterocycles. The number of nitrogens with zero attached hydrogens (tertiary/aromatic N) is 3. The van der Waals surface area contributed by atoms with Crippen LogP contribution >= 0.6 is 11.3 Å². The standard InChI is InChI=1S/C34H30FN3O4S2/c1-21-8-11-27(12-9-21)44(40,41)38-30-13-10-25(35)20-29(30)31(28-15-17-43-33(28)36-3)32(38)23-6-5-7-26(19-23)37-16-14-24(18-22(37)2)34(39)42-4/h5-13,15,17,19-20,22,24H,14,16,18H2,1-2,4H3/t22-,24-/m1/s1. The van der Waals surface area contributed by atoms with Crippen molar-refractivity contribution in [3.05, 3.63) is 101 Å². The first kappa shape index (κ1) is 29.6. The first-order chi connectivity index (χ1) is 21.1. The van der Waals surface area contributed by atoms with Gasteiger partial charge in [0, 0.05) is 40.4 Å². The van der Waals surface area contributed by atoms with Crippen LogP contribution in [0.3, 0.4) is 0 Å². The summed E-state index contributed by atoms with van der Waals surface area (Å²) in [5.74, 6) is -0.895. The second kappa shape index (κ2) is 11.6. The molecule has 0 saturated carbocycles. The van der Waals surface area contributed by atoms with Crippen molar-refractivity contribution in [2.24, 2.45) is 5.92 Å². The maximum Gasteiger partial charge on any atom is 0.308 e. The first-order valence-corrected chi connectivity index (χ1v) is 16.5. The molecule has 1 aliphatic heterocycles. The molecular weight excluding hydrogens is 598 g/mol. The van der Waals surface area contributed by atoms with Crippen LogP contribution in [0.1, 0.15) is 25.3 Å². The lowest BCUT2D eigenvalue weighted by molar-refractivity contribution is -0.146. The fourth-order valence-corrected chi connectivity index (χ4v) is 8.41. The number of rotatable bonds is 6. The van der Waals surface area contributed by atoms with Crippen LogP contribution in [0.5, 0.6) is 0 Å². The SMILES string of the molecule is [C-]#[N+]c1sccc1-c1c(-c2cccc(N3CC[C@@H](C(=O)OC)C[C@H]3C)c2)n(S(=O)(=O)c2ccc(C)cc2)c2ccc(F)cc12. The highest BCUT2D eigenvalue weighted by Crippen LogP contribution is 2.48. The van der Waals surface area contributed by atoms with Gasteiger partial charge in [-0.2, -0.15) is 11.3 Å². The second-order valence-corrected chi connectivity index (χ2v) is 13.7. The molecule has 224 valence electrons. The summed E-state index contributed by atoms with van der Waals surface area (Å²) in [6, 6.07) is 20.1. The Morgan fingerprint density at radius 3 is 2.57 bits per heavy atom. The lowest BCUT2D eigenvalue weighted by Crippen LogP contribution is -2.43. The normalized spacial score (nSPS) is 17.0. The molecule has 3 heterocycles. The molecule has 1 aliphatic rings. The second-order valence-electron chi connectivity index (χ2n) is 11.1. The predicted octanol–water partition coefficient (Wildman–Crippen LogP) is 8.05. The Hall–Kier alpha value is -4.46. The summed E-state index contributed by atoms with van der Waals surface area (Å²) >= 11 is 1.25. The lowest BCUT2D eigenvalue weighted by Gasteiger charge is -2.38. The Labute approximate surface area is 260 Å². The van der Waals surface area contributed by atoms with E-state index in [0.717, 1.165) is 11.3 Å². The number of aromatic nitrogens is 1. The van der Waals surface area contributed by atoms with Gasteiger partial charge in [0.15, 0.2) is 0 Å². The molecule has 0 unspecified atom stereocenters. The zero-order chi connectivity index (χ0) is 31.2. The number of anilines is 1. The van der Waals surface area contributed by atoms with E-state index in [9.17, 15) is 17.6 Å². The fraction of sp³-hybridized carbons (Fsp3) is 0.235. The van der Waals surface area contributed by atoms with E-state index in [-0.39, 0.29) is 22.8 Å². The Kier molecular flexibility index (Phi) is 7.78. The van der Waals surface area contributed by atoms with Crippen molar-refractivity contribution < 1.29 is 22.3 Å². The molecule has 6 rings (SSSR count). The Balaban J connectivity index is 1.62. The maximum atomic E-state index is 14.9. The number of piperidine rings is 1. The fourth-order valence-electron chi connectivity index (χ4n) is 6.18. The molecule has 0 amide bonds. The summed E-state index contributed by atoms with van der Waals surface area (Å²) in [5.41, 5.74) is 4.10. The van der Waals surface area contributed by atoms with Gasteiger partial charge in [-0.05, 0) is 74.5 Å². The smallest absolute Gasteiger partial charge is 0.308 e. The molecule has 10 heteroatoms. The van der Waals surface area contributed by atoms with Gasteiger partial charge in [0.2, 0.25) is 5.00 Å². The van der Waals surface area contributed by atoms with Crippen LogP contribution in [0.2, 0.25) is 0 Å². The minimum atomic E-state index is -4.18. The summed E-state index contributed by atoms with van der Waals surface area (Å²) in [4.78, 5) is 18.2. The van der Waals surface area contributed by atoms with Crippen LogP contribution in [-0.4, -0.2) is 38.1 Å². The average molecular weight is 628 g/mol. The van der Waals surface area contributed by atoms with Crippen molar-refractivity contribution in [1.82, 2.24) is 3.97 Å². The van der Waals surface area contributed by atoms with Crippen LogP contribution in [0.15, 0.2) is 83.1 Å². The average Bonchev–Trinajstić information content (AvgIpc) is 3.63. The number of carbonyl (C=O) groups is 1. The molecule has 44 heavy (non-hydrogen) atoms. The summed E-state index contributed by atoms with van der Waals surface area (Å²) in [5, 5.41) is 2.57. The van der Waals surface area contributed by atoms with Crippen molar-refractivity contribution in [1.29, 1.82) is 0 Å². The van der Waals surface area contributed by atoms with E-state index < -0.39 is 15.8 Å². The van der Waals surface area contributed by atoms with Crippen LogP contribution < -0.4 is 4.90 Å². The third kappa shape index (κ3) is 5.06. The van der Waals surface area contributed by atoms with Crippen molar-refractivity contribution in [2.45, 2.75) is 37.6 Å². The molecule has 1 fully saturated rings. The quantitative estimate of drug-likeness (QED) is 0.141. The zero-order valence-corrected chi connectivity index (χ0v) is 26.1. The number of esters is 1. The lowest BCUT2D eigenvalue weighted by atomic mass is 9.91. The number of hydrogen-bond acceptors (Lipinski definition) is 6. The van der Waals surface area contributed by atoms with Gasteiger partial charge < -0.3 is 9.64 Å². The van der Waals surface area contributed by atoms with Crippen LogP contribution in [0.4, 0.5) is 15.1 Å². The molecule has 0 bridgehead atoms. The third-order valence-electron chi connectivity index (χ3n) is 8.32. The van der Waals surface area contributed by atoms with E-state index in [1.165, 1.54) is 40.6 Å². The molecule has 0 radical (unpaired) electrons. The van der Waals surface area contributed by atoms with Crippen LogP contribution in [0.25, 0.3) is 38.1 Å². The number of ether oxygens (including phenoxy) is 1. The highest BCUT2D eigenvalue weighted by Gasteiger charge is 2.33. The van der Waals surface area contributed by atoms with Crippen molar-refractivity contribution in [3.63, 3.8) is 0 Å². The number of fused-ring (bicyclic) bond motifs is 1. The molecule has 5 aromatic rings. The molecule has 2 atom stereocenters. The number of carbonyl (C=O) groups excluding carboxylic acids is 1. The number of benzene rings is 3. The van der Waals surface area contributed by atoms with E-state index in [1.807, 2.05) is 31.2 Å². The van der Waals surface area contributed by atoms with Gasteiger partial charge in [0.05, 0.1) is 35.7 Å². The monoisotopic (exact) mass is 627 g/mol. The summed E-state index contributed by atoms with van der Waals surface area (Å²) < 4.78 is 50.1. The van der Waals surface area contributed by atoms with Crippen LogP contribution in [0, 0.1) is 25.2 Å². The summed E-state index contributed by atoms with van der Waals surface area (Å²) in [6.45, 7) is 12.4. The van der Waals surface area contributed by atoms with Crippen LogP contribution in [-0.2, 0) is 19.6 Å². The molecule has 7 nitrogen and oxygen atoms in total. The number of hydrogen-bond donors (Lipinski definition) is 0. The van der Waals surface area contributed by atoms with Crippen molar-refractivity contribution in [2.75, 3.05) is 18.6 Å². The highest BCUT2D eigenvalue weighted by molar-refractivity contribution is 7.90. The topological polar surface area (TPSA) is 73.0 Å². The number of thiophene rings is 1. The molecule has 0 aliphatic carbocycles. The highest BCUT2D eigenvalue weighted by atomic mass is 32.2. The van der Waals surface area contributed by atoms with Gasteiger partial charge >= 0.3 is 5.97 Å². The predicted molar refractivity (Wildman–Crippen MR) is 172 cm³/mol. The van der Waals surface area contributed by atoms with Crippen molar-refractivity contribution in [3.8, 4) is 22.4 Å². The number of methoxy groups -OCH3 is 1. The molecule has 0 N–H and O–H groups in total. The van der Waals surface area contributed by atoms with E-state index >= 15 is 0 Å². The van der Waals surface area contributed by atoms with Gasteiger partial charge in [-0.15, -0.1) is 0 Å². The molecule has 0 spiro atoms. The summed E-state index contributed by atoms with van der Waals surface area (Å²) in [6.07, 6.45) is 1.27. The summed E-state index contributed by atoms with van der Waals surface area (Å²) in [7, 11) is -2.77. The van der Waals surface area contributed by atoms with Gasteiger partial charge in [-0.1, -0.05) is 35.9 Å². The largest absolute Gasteiger partial charge is 0.469 e. The molecular formula is C34H30FN3O4S2. The third-order valence-corrected chi connectivity index (χ3v) is 10.9. The van der Waals surface area contributed by atoms with Gasteiger partial charge in [0.1, 0.15) is 5.82 Å². The van der Waals surface area contributed by atoms with E-state index in [1.54, 1.807) is 35.7 Å². The van der Waals surface area contributed by atoms with Gasteiger partial charge in [0.25, 0.3) is 10.0 Å². The zero-order valence-electron chi connectivity index (χ0n) is 24.5. The van der Waals surface area contributed by atoms with E-state index in [4.69, 9.17) is 11.3 Å². The Bertz CT molecular complexity index is 2040. The van der Waals surface area contributed by atoms with E-state index in [0.29, 0.717) is 57.7 Å². The minimum Gasteiger partial charge on any atom is -0.469 e. The Morgan fingerprint density at radius 2 is 1.86 bits per heavy atom. The molecule has 3 aromatic carbocycles. The number of halogens is 1. The Morgan fingerprint density at radius 1 is 1.09 bits per heavy atom. The van der Waals surface area contributed by atoms with E-state index in [2.05, 4.69) is 16.7 Å². The number of aryl methyl sites for hydroxylation is 1. The van der Waals surface area contributed by atoms with Gasteiger partial charge in [-0.25, -0.2) is 21.6 Å². The maximum absolute atomic E-state index is 14.9. The molecule has 1 saturated heterocycles.